The predicted octanol–water partition coefficient (Wildman–Crippen LogP) is -1.81. The molecule has 0 amide bonds. The highest BCUT2D eigenvalue weighted by atomic mass is 16.5. The molecule has 2 heterocycles. The van der Waals surface area contributed by atoms with Crippen molar-refractivity contribution >= 4 is 0 Å². The van der Waals surface area contributed by atoms with Crippen molar-refractivity contribution in [1.82, 2.24) is 9.55 Å². The number of rotatable bonds is 4. The summed E-state index contributed by atoms with van der Waals surface area (Å²) in [5.41, 5.74) is -1.39. The highest BCUT2D eigenvalue weighted by Gasteiger charge is 2.35. The van der Waals surface area contributed by atoms with Gasteiger partial charge < -0.3 is 19.7 Å². The van der Waals surface area contributed by atoms with Crippen LogP contribution in [0, 0.1) is 12.3 Å². The van der Waals surface area contributed by atoms with Crippen LogP contribution in [0.25, 0.3) is 0 Å². The molecule has 3 atom stereocenters. The number of aromatic nitrogens is 2. The zero-order valence-corrected chi connectivity index (χ0v) is 10.5. The Hall–Kier alpha value is -2.08. The molecule has 2 rings (SSSR count). The maximum Gasteiger partial charge on any atom is 0.330 e. The Kier molecular flexibility index (Phi) is 4.24. The third-order valence-corrected chi connectivity index (χ3v) is 2.94. The molecule has 3 N–H and O–H groups in total. The molecule has 0 unspecified atom stereocenters. The van der Waals surface area contributed by atoms with E-state index < -0.39 is 29.7 Å². The van der Waals surface area contributed by atoms with Crippen LogP contribution in [0.5, 0.6) is 5.75 Å². The number of hydrogen-bond acceptors (Lipinski definition) is 6. The Morgan fingerprint density at radius 2 is 2.35 bits per heavy atom. The number of aliphatic hydroxyl groups is 2. The summed E-state index contributed by atoms with van der Waals surface area (Å²) in [6, 6.07) is 0. The fourth-order valence-electron chi connectivity index (χ4n) is 1.95. The second-order valence-corrected chi connectivity index (χ2v) is 4.27. The van der Waals surface area contributed by atoms with Crippen molar-refractivity contribution in [2.24, 2.45) is 0 Å². The van der Waals surface area contributed by atoms with Gasteiger partial charge in [0, 0.05) is 6.42 Å². The minimum atomic E-state index is -0.890. The Morgan fingerprint density at radius 1 is 1.60 bits per heavy atom. The molecule has 20 heavy (non-hydrogen) atoms. The highest BCUT2D eigenvalue weighted by molar-refractivity contribution is 5.13. The zero-order valence-electron chi connectivity index (χ0n) is 10.5. The molecule has 1 aromatic heterocycles. The number of terminal acetylenes is 1. The smallest absolute Gasteiger partial charge is 0.330 e. The third-order valence-electron chi connectivity index (χ3n) is 2.94. The van der Waals surface area contributed by atoms with Crippen LogP contribution >= 0.6 is 0 Å². The van der Waals surface area contributed by atoms with Gasteiger partial charge in [0.25, 0.3) is 5.56 Å². The summed E-state index contributed by atoms with van der Waals surface area (Å²) < 4.78 is 11.4. The van der Waals surface area contributed by atoms with Crippen LogP contribution in [0.4, 0.5) is 0 Å². The summed E-state index contributed by atoms with van der Waals surface area (Å²) in [5.74, 6) is 2.09. The standard InChI is InChI=1S/C12H14N2O6/c1-2-3-19-8-5-14(12(18)13-11(8)17)10-4-7(16)9(6-15)20-10/h1,5,7,9-10,15-16H,3-4,6H2,(H,13,17,18)/t7-,9-,10-/m1/s1. The molecular formula is C12H14N2O6. The molecule has 8 heteroatoms. The Morgan fingerprint density at radius 3 is 2.95 bits per heavy atom. The fraction of sp³-hybridized carbons (Fsp3) is 0.500. The van der Waals surface area contributed by atoms with E-state index in [1.54, 1.807) is 0 Å². The van der Waals surface area contributed by atoms with Crippen molar-refractivity contribution in [1.29, 1.82) is 0 Å². The Labute approximate surface area is 113 Å². The summed E-state index contributed by atoms with van der Waals surface area (Å²) in [6.07, 6.45) is 3.87. The van der Waals surface area contributed by atoms with Crippen molar-refractivity contribution in [2.45, 2.75) is 24.9 Å². The van der Waals surface area contributed by atoms with Crippen molar-refractivity contribution in [3.05, 3.63) is 27.0 Å². The van der Waals surface area contributed by atoms with Crippen LogP contribution in [0.2, 0.25) is 0 Å². The van der Waals surface area contributed by atoms with Gasteiger partial charge in [-0.1, -0.05) is 5.92 Å². The van der Waals surface area contributed by atoms with E-state index in [2.05, 4.69) is 10.9 Å². The number of aliphatic hydroxyl groups excluding tert-OH is 2. The first-order valence-corrected chi connectivity index (χ1v) is 5.93. The average molecular weight is 282 g/mol. The topological polar surface area (TPSA) is 114 Å². The van der Waals surface area contributed by atoms with E-state index in [4.69, 9.17) is 21.0 Å². The molecule has 0 aromatic carbocycles. The average Bonchev–Trinajstić information content (AvgIpc) is 2.79. The van der Waals surface area contributed by atoms with Crippen LogP contribution in [0.1, 0.15) is 12.6 Å². The molecule has 0 radical (unpaired) electrons. The number of H-pyrrole nitrogens is 1. The number of hydrogen-bond donors (Lipinski definition) is 3. The molecule has 0 spiro atoms. The molecule has 0 aliphatic carbocycles. The number of ether oxygens (including phenoxy) is 2. The van der Waals surface area contributed by atoms with Crippen molar-refractivity contribution in [3.63, 3.8) is 0 Å². The van der Waals surface area contributed by atoms with Gasteiger partial charge in [0.1, 0.15) is 18.9 Å². The molecular weight excluding hydrogens is 268 g/mol. The van der Waals surface area contributed by atoms with Gasteiger partial charge in [0.15, 0.2) is 0 Å². The van der Waals surface area contributed by atoms with E-state index in [0.717, 1.165) is 4.57 Å². The van der Waals surface area contributed by atoms with Crippen molar-refractivity contribution in [3.8, 4) is 18.1 Å². The highest BCUT2D eigenvalue weighted by Crippen LogP contribution is 2.27. The second kappa shape index (κ2) is 5.92. The monoisotopic (exact) mass is 282 g/mol. The summed E-state index contributed by atoms with van der Waals surface area (Å²) >= 11 is 0. The number of nitrogens with one attached hydrogen (secondary N) is 1. The van der Waals surface area contributed by atoms with E-state index in [9.17, 15) is 14.7 Å². The molecule has 1 aliphatic rings. The zero-order chi connectivity index (χ0) is 14.7. The van der Waals surface area contributed by atoms with E-state index in [0.29, 0.717) is 0 Å². The molecule has 1 fully saturated rings. The first-order valence-electron chi connectivity index (χ1n) is 5.93. The van der Waals surface area contributed by atoms with E-state index in [1.807, 2.05) is 0 Å². The maximum absolute atomic E-state index is 11.7. The largest absolute Gasteiger partial charge is 0.474 e. The number of nitrogens with zero attached hydrogens (tertiary/aromatic N) is 1. The van der Waals surface area contributed by atoms with Gasteiger partial charge in [0.2, 0.25) is 5.75 Å². The van der Waals surface area contributed by atoms with Crippen LogP contribution in [-0.4, -0.2) is 45.2 Å². The predicted molar refractivity (Wildman–Crippen MR) is 67.3 cm³/mol. The maximum atomic E-state index is 11.7. The minimum Gasteiger partial charge on any atom is -0.474 e. The Balaban J connectivity index is 2.31. The van der Waals surface area contributed by atoms with Gasteiger partial charge in [0.05, 0.1) is 18.9 Å². The summed E-state index contributed by atoms with van der Waals surface area (Å²) in [6.45, 7) is -0.481. The minimum absolute atomic E-state index is 0.116. The van der Waals surface area contributed by atoms with Gasteiger partial charge in [-0.15, -0.1) is 6.42 Å². The molecule has 1 saturated heterocycles. The van der Waals surface area contributed by atoms with Gasteiger partial charge in [-0.25, -0.2) is 4.79 Å². The first-order chi connectivity index (χ1) is 9.56. The summed E-state index contributed by atoms with van der Waals surface area (Å²) in [5, 5.41) is 18.7. The lowest BCUT2D eigenvalue weighted by Gasteiger charge is -2.15. The van der Waals surface area contributed by atoms with Crippen LogP contribution < -0.4 is 16.0 Å². The van der Waals surface area contributed by atoms with Crippen LogP contribution in [0.3, 0.4) is 0 Å². The van der Waals surface area contributed by atoms with Crippen molar-refractivity contribution in [2.75, 3.05) is 13.2 Å². The molecule has 108 valence electrons. The fourth-order valence-corrected chi connectivity index (χ4v) is 1.95. The summed E-state index contributed by atoms with van der Waals surface area (Å²) in [4.78, 5) is 25.3. The first kappa shape index (κ1) is 14.3. The Bertz CT molecular complexity index is 628. The summed E-state index contributed by atoms with van der Waals surface area (Å²) in [7, 11) is 0. The van der Waals surface area contributed by atoms with E-state index >= 15 is 0 Å². The third kappa shape index (κ3) is 2.75. The molecule has 1 aromatic rings. The lowest BCUT2D eigenvalue weighted by molar-refractivity contribution is -0.0461. The number of aromatic amines is 1. The SMILES string of the molecule is C#CCOc1cn([C@H]2C[C@@H](O)[C@@H](CO)O2)c(=O)[nH]c1=O. The van der Waals surface area contributed by atoms with Crippen molar-refractivity contribution < 1.29 is 19.7 Å². The lowest BCUT2D eigenvalue weighted by Crippen LogP contribution is -2.33. The molecule has 0 bridgehead atoms. The van der Waals surface area contributed by atoms with Gasteiger partial charge >= 0.3 is 5.69 Å². The molecule has 1 aliphatic heterocycles. The quantitative estimate of drug-likeness (QED) is 0.561. The van der Waals surface area contributed by atoms with Crippen LogP contribution in [0.15, 0.2) is 15.8 Å². The van der Waals surface area contributed by atoms with Gasteiger partial charge in [-0.2, -0.15) is 0 Å². The molecule has 0 saturated carbocycles. The van der Waals surface area contributed by atoms with Gasteiger partial charge in [-0.3, -0.25) is 14.3 Å². The molecule has 8 nitrogen and oxygen atoms in total. The second-order valence-electron chi connectivity index (χ2n) is 4.27. The van der Waals surface area contributed by atoms with E-state index in [-0.39, 0.29) is 25.4 Å². The normalized spacial score (nSPS) is 25.4. The van der Waals surface area contributed by atoms with Gasteiger partial charge in [-0.05, 0) is 0 Å². The van der Waals surface area contributed by atoms with E-state index in [1.165, 1.54) is 6.20 Å². The van der Waals surface area contributed by atoms with Crippen LogP contribution in [-0.2, 0) is 4.74 Å². The lowest BCUT2D eigenvalue weighted by atomic mass is 10.2.